The van der Waals surface area contributed by atoms with Gasteiger partial charge in [-0.3, -0.25) is 4.79 Å². The van der Waals surface area contributed by atoms with Crippen LogP contribution in [-0.4, -0.2) is 34.0 Å². The molecule has 0 bridgehead atoms. The number of likely N-dealkylation sites (tertiary alicyclic amines) is 1. The number of nitrogens with zero attached hydrogens (tertiary/aromatic N) is 2. The number of piperidine rings is 1. The zero-order valence-electron chi connectivity index (χ0n) is 11.1. The lowest BCUT2D eigenvalue weighted by Crippen LogP contribution is -2.48. The van der Waals surface area contributed by atoms with Gasteiger partial charge in [0.2, 0.25) is 5.91 Å². The third kappa shape index (κ3) is 2.23. The highest BCUT2D eigenvalue weighted by Crippen LogP contribution is 2.47. The zero-order valence-corrected chi connectivity index (χ0v) is 11.1. The standard InChI is InChI=1S/C15H17N3O2/c16-8-11-6-10-7-14(10)18(11)15(20)13(17)5-9-1-3-12(19)4-2-9/h1-4,10-11,13-14,19H,5-7,17H2/t10-,11+,13+,14?/m1/s1. The molecule has 5 heteroatoms. The van der Waals surface area contributed by atoms with E-state index in [1.807, 2.05) is 0 Å². The van der Waals surface area contributed by atoms with Gasteiger partial charge in [0.1, 0.15) is 11.8 Å². The van der Waals surface area contributed by atoms with Gasteiger partial charge < -0.3 is 15.7 Å². The molecule has 1 aromatic rings. The maximum atomic E-state index is 12.4. The van der Waals surface area contributed by atoms with Crippen LogP contribution in [0, 0.1) is 17.2 Å². The second-order valence-corrected chi connectivity index (χ2v) is 5.67. The quantitative estimate of drug-likeness (QED) is 0.849. The first-order valence-corrected chi connectivity index (χ1v) is 6.85. The number of carbonyl (C=O) groups is 1. The molecule has 3 rings (SSSR count). The minimum Gasteiger partial charge on any atom is -0.508 e. The minimum atomic E-state index is -0.630. The highest BCUT2D eigenvalue weighted by Gasteiger charge is 2.54. The van der Waals surface area contributed by atoms with E-state index in [9.17, 15) is 9.90 Å². The highest BCUT2D eigenvalue weighted by molar-refractivity contribution is 5.83. The fourth-order valence-electron chi connectivity index (χ4n) is 3.05. The molecule has 1 aliphatic carbocycles. The lowest BCUT2D eigenvalue weighted by molar-refractivity contribution is -0.133. The van der Waals surface area contributed by atoms with Crippen LogP contribution in [0.25, 0.3) is 0 Å². The van der Waals surface area contributed by atoms with E-state index in [1.54, 1.807) is 29.2 Å². The van der Waals surface area contributed by atoms with Crippen LogP contribution >= 0.6 is 0 Å². The van der Waals surface area contributed by atoms with Crippen molar-refractivity contribution < 1.29 is 9.90 Å². The lowest BCUT2D eigenvalue weighted by atomic mass is 10.0. The number of phenols is 1. The molecule has 1 saturated carbocycles. The Bertz CT molecular complexity index is 563. The Labute approximate surface area is 117 Å². The SMILES string of the molecule is N#C[C@@H]1C[C@@H]2CC2N1C(=O)[C@@H](N)Cc1ccc(O)cc1. The fourth-order valence-corrected chi connectivity index (χ4v) is 3.05. The first-order chi connectivity index (χ1) is 9.60. The molecule has 20 heavy (non-hydrogen) atoms. The summed E-state index contributed by atoms with van der Waals surface area (Å²) in [5, 5.41) is 18.4. The summed E-state index contributed by atoms with van der Waals surface area (Å²) in [6.45, 7) is 0. The second kappa shape index (κ2) is 4.80. The maximum Gasteiger partial charge on any atom is 0.241 e. The molecule has 5 nitrogen and oxygen atoms in total. The van der Waals surface area contributed by atoms with Crippen LogP contribution < -0.4 is 5.73 Å². The molecule has 1 saturated heterocycles. The van der Waals surface area contributed by atoms with E-state index in [4.69, 9.17) is 11.0 Å². The number of benzene rings is 1. The summed E-state index contributed by atoms with van der Waals surface area (Å²) in [6, 6.07) is 8.17. The summed E-state index contributed by atoms with van der Waals surface area (Å²) < 4.78 is 0. The van der Waals surface area contributed by atoms with Crippen LogP contribution in [0.3, 0.4) is 0 Å². The first-order valence-electron chi connectivity index (χ1n) is 6.85. The van der Waals surface area contributed by atoms with Gasteiger partial charge in [-0.15, -0.1) is 0 Å². The van der Waals surface area contributed by atoms with E-state index in [-0.39, 0.29) is 23.7 Å². The summed E-state index contributed by atoms with van der Waals surface area (Å²) >= 11 is 0. The van der Waals surface area contributed by atoms with Crippen LogP contribution in [0.1, 0.15) is 18.4 Å². The number of rotatable bonds is 3. The Morgan fingerprint density at radius 3 is 2.80 bits per heavy atom. The topological polar surface area (TPSA) is 90.4 Å². The molecule has 4 atom stereocenters. The van der Waals surface area contributed by atoms with Gasteiger partial charge in [-0.1, -0.05) is 12.1 Å². The maximum absolute atomic E-state index is 12.4. The van der Waals surface area contributed by atoms with Crippen molar-refractivity contribution in [3.05, 3.63) is 29.8 Å². The lowest BCUT2D eigenvalue weighted by Gasteiger charge is -2.26. The van der Waals surface area contributed by atoms with E-state index in [0.29, 0.717) is 12.3 Å². The summed E-state index contributed by atoms with van der Waals surface area (Å²) in [4.78, 5) is 14.1. The minimum absolute atomic E-state index is 0.130. The van der Waals surface area contributed by atoms with Crippen molar-refractivity contribution in [2.45, 2.75) is 37.4 Å². The van der Waals surface area contributed by atoms with Gasteiger partial charge in [-0.25, -0.2) is 0 Å². The number of fused-ring (bicyclic) bond motifs is 1. The number of amides is 1. The van der Waals surface area contributed by atoms with Crippen LogP contribution in [0.4, 0.5) is 0 Å². The Morgan fingerprint density at radius 1 is 1.45 bits per heavy atom. The fraction of sp³-hybridized carbons (Fsp3) is 0.467. The molecule has 0 spiro atoms. The molecule has 2 fully saturated rings. The molecule has 2 aliphatic rings. The molecule has 0 aromatic heterocycles. The largest absolute Gasteiger partial charge is 0.508 e. The number of aromatic hydroxyl groups is 1. The third-order valence-corrected chi connectivity index (χ3v) is 4.22. The van der Waals surface area contributed by atoms with Crippen LogP contribution in [0.5, 0.6) is 5.75 Å². The van der Waals surface area contributed by atoms with Crippen molar-refractivity contribution in [2.75, 3.05) is 0 Å². The van der Waals surface area contributed by atoms with E-state index in [1.165, 1.54) is 0 Å². The molecule has 1 unspecified atom stereocenters. The smallest absolute Gasteiger partial charge is 0.241 e. The average Bonchev–Trinajstić information content (AvgIpc) is 3.11. The monoisotopic (exact) mass is 271 g/mol. The van der Waals surface area contributed by atoms with Crippen molar-refractivity contribution in [3.63, 3.8) is 0 Å². The molecular formula is C15H17N3O2. The van der Waals surface area contributed by atoms with Crippen molar-refractivity contribution in [1.29, 1.82) is 5.26 Å². The predicted molar refractivity (Wildman–Crippen MR) is 72.5 cm³/mol. The van der Waals surface area contributed by atoms with Crippen LogP contribution in [-0.2, 0) is 11.2 Å². The van der Waals surface area contributed by atoms with E-state index >= 15 is 0 Å². The molecule has 1 amide bonds. The molecular weight excluding hydrogens is 254 g/mol. The summed E-state index contributed by atoms with van der Waals surface area (Å²) in [6.07, 6.45) is 2.22. The third-order valence-electron chi connectivity index (χ3n) is 4.22. The summed E-state index contributed by atoms with van der Waals surface area (Å²) in [5.74, 6) is 0.567. The molecule has 3 N–H and O–H groups in total. The van der Waals surface area contributed by atoms with Crippen molar-refractivity contribution in [3.8, 4) is 11.8 Å². The molecule has 104 valence electrons. The van der Waals surface area contributed by atoms with Crippen molar-refractivity contribution in [2.24, 2.45) is 11.7 Å². The average molecular weight is 271 g/mol. The second-order valence-electron chi connectivity index (χ2n) is 5.67. The Kier molecular flexibility index (Phi) is 3.11. The van der Waals surface area contributed by atoms with E-state index in [0.717, 1.165) is 18.4 Å². The van der Waals surface area contributed by atoms with Gasteiger partial charge >= 0.3 is 0 Å². The van der Waals surface area contributed by atoms with Gasteiger partial charge in [0, 0.05) is 6.04 Å². The summed E-state index contributed by atoms with van der Waals surface area (Å²) in [5.41, 5.74) is 6.91. The van der Waals surface area contributed by atoms with Crippen LogP contribution in [0.2, 0.25) is 0 Å². The first kappa shape index (κ1) is 12.9. The number of carbonyl (C=O) groups excluding carboxylic acids is 1. The Morgan fingerprint density at radius 2 is 2.15 bits per heavy atom. The van der Waals surface area contributed by atoms with Crippen molar-refractivity contribution >= 4 is 5.91 Å². The van der Waals surface area contributed by atoms with Gasteiger partial charge in [0.25, 0.3) is 0 Å². The molecule has 1 heterocycles. The van der Waals surface area contributed by atoms with Gasteiger partial charge in [0.15, 0.2) is 0 Å². The van der Waals surface area contributed by atoms with E-state index < -0.39 is 6.04 Å². The van der Waals surface area contributed by atoms with Crippen molar-refractivity contribution in [1.82, 2.24) is 4.90 Å². The Hall–Kier alpha value is -2.06. The van der Waals surface area contributed by atoms with Gasteiger partial charge in [0.05, 0.1) is 12.1 Å². The number of phenolic OH excluding ortho intramolecular Hbond substituents is 1. The van der Waals surface area contributed by atoms with Gasteiger partial charge in [-0.2, -0.15) is 5.26 Å². The molecule has 1 aliphatic heterocycles. The molecule has 0 radical (unpaired) electrons. The zero-order chi connectivity index (χ0) is 14.3. The van der Waals surface area contributed by atoms with Gasteiger partial charge in [-0.05, 0) is 42.9 Å². The summed E-state index contributed by atoms with van der Waals surface area (Å²) in [7, 11) is 0. The number of hydrogen-bond acceptors (Lipinski definition) is 4. The van der Waals surface area contributed by atoms with Crippen LogP contribution in [0.15, 0.2) is 24.3 Å². The number of hydrogen-bond donors (Lipinski definition) is 2. The number of nitriles is 1. The number of nitrogens with two attached hydrogens (primary N) is 1. The highest BCUT2D eigenvalue weighted by atomic mass is 16.3. The Balaban J connectivity index is 1.67. The van der Waals surface area contributed by atoms with E-state index in [2.05, 4.69) is 6.07 Å². The predicted octanol–water partition coefficient (Wildman–Crippen LogP) is 0.775. The molecule has 1 aromatic carbocycles. The normalized spacial score (nSPS) is 28.6.